The number of hydrogen-bond acceptors (Lipinski definition) is 0. The summed E-state index contributed by atoms with van der Waals surface area (Å²) >= 11 is 0. The van der Waals surface area contributed by atoms with Gasteiger partial charge >= 0.3 is 0 Å². The summed E-state index contributed by atoms with van der Waals surface area (Å²) in [6, 6.07) is 12.1. The molecule has 0 amide bonds. The molecule has 35 heavy (non-hydrogen) atoms. The summed E-state index contributed by atoms with van der Waals surface area (Å²) in [6.07, 6.45) is 0. The fraction of sp³-hybridized carbons (Fsp3) is 0.657. The maximum Gasteiger partial charge on any atom is 0.0152 e. The van der Waals surface area contributed by atoms with Crippen LogP contribution in [0.25, 0.3) is 0 Å². The van der Waals surface area contributed by atoms with E-state index in [2.05, 4.69) is 148 Å². The normalized spacial score (nSPS) is 14.4. The topological polar surface area (TPSA) is 0 Å². The van der Waals surface area contributed by atoms with Crippen LogP contribution in [0.3, 0.4) is 0 Å². The first-order valence-corrected chi connectivity index (χ1v) is 13.6. The van der Waals surface area contributed by atoms with Crippen molar-refractivity contribution >= 4 is 0 Å². The molecule has 2 aromatic rings. The fourth-order valence-electron chi connectivity index (χ4n) is 5.61. The number of hydrogen-bond donors (Lipinski definition) is 0. The lowest BCUT2D eigenvalue weighted by Crippen LogP contribution is -2.33. The van der Waals surface area contributed by atoms with E-state index >= 15 is 0 Å². The summed E-state index contributed by atoms with van der Waals surface area (Å²) in [5.74, 6) is 0. The van der Waals surface area contributed by atoms with Crippen LogP contribution >= 0.6 is 0 Å². The van der Waals surface area contributed by atoms with Crippen LogP contribution in [0.5, 0.6) is 0 Å². The molecule has 0 nitrogen and oxygen atoms in total. The molecule has 2 aromatic carbocycles. The first-order chi connectivity index (χ1) is 15.3. The largest absolute Gasteiger partial charge is 0.0617 e. The maximum atomic E-state index is 2.56. The third-order valence-corrected chi connectivity index (χ3v) is 7.53. The molecule has 0 fully saturated rings. The molecule has 0 bridgehead atoms. The zero-order chi connectivity index (χ0) is 27.6. The highest BCUT2D eigenvalue weighted by Gasteiger charge is 2.38. The third-order valence-electron chi connectivity index (χ3n) is 7.53. The summed E-state index contributed by atoms with van der Waals surface area (Å²) in [6.45, 7) is 40.5. The van der Waals surface area contributed by atoms with Crippen molar-refractivity contribution < 1.29 is 0 Å². The van der Waals surface area contributed by atoms with Crippen molar-refractivity contribution in [1.82, 2.24) is 0 Å². The van der Waals surface area contributed by atoms with E-state index in [1.54, 1.807) is 0 Å². The van der Waals surface area contributed by atoms with Crippen molar-refractivity contribution in [1.29, 1.82) is 0 Å². The van der Waals surface area contributed by atoms with E-state index in [-0.39, 0.29) is 32.5 Å². The van der Waals surface area contributed by atoms with E-state index in [0.717, 1.165) is 0 Å². The molecule has 0 saturated carbocycles. The molecule has 0 aliphatic carbocycles. The summed E-state index contributed by atoms with van der Waals surface area (Å²) in [7, 11) is 0. The van der Waals surface area contributed by atoms with Crippen LogP contribution in [0.1, 0.15) is 157 Å². The Labute approximate surface area is 219 Å². The molecule has 0 aliphatic rings. The molecule has 0 heteroatoms. The van der Waals surface area contributed by atoms with E-state index in [9.17, 15) is 0 Å². The molecule has 0 heterocycles. The smallest absolute Gasteiger partial charge is 0.0152 e. The molecular formula is C35H56. The Balaban J connectivity index is 3.14. The van der Waals surface area contributed by atoms with Gasteiger partial charge in [0, 0.05) is 5.41 Å². The van der Waals surface area contributed by atoms with E-state index in [1.165, 1.54) is 38.9 Å². The minimum atomic E-state index is -0.136. The maximum absolute atomic E-state index is 2.56. The van der Waals surface area contributed by atoms with Crippen molar-refractivity contribution in [3.8, 4) is 0 Å². The van der Waals surface area contributed by atoms with Crippen LogP contribution in [-0.4, -0.2) is 0 Å². The van der Waals surface area contributed by atoms with Gasteiger partial charge in [-0.15, -0.1) is 0 Å². The Morgan fingerprint density at radius 1 is 0.371 bits per heavy atom. The Hall–Kier alpha value is -1.56. The summed E-state index contributed by atoms with van der Waals surface area (Å²) in [5.41, 5.74) is 10.6. The molecular weight excluding hydrogens is 420 g/mol. The number of rotatable bonds is 2. The Morgan fingerprint density at radius 2 is 0.686 bits per heavy atom. The summed E-state index contributed by atoms with van der Waals surface area (Å²) in [4.78, 5) is 0. The van der Waals surface area contributed by atoms with Gasteiger partial charge in [0.15, 0.2) is 0 Å². The molecule has 0 aliphatic heterocycles. The van der Waals surface area contributed by atoms with Gasteiger partial charge in [0.2, 0.25) is 0 Å². The Kier molecular flexibility index (Phi) is 7.44. The molecule has 0 radical (unpaired) electrons. The van der Waals surface area contributed by atoms with Gasteiger partial charge in [-0.25, -0.2) is 0 Å². The molecule has 2 rings (SSSR count). The van der Waals surface area contributed by atoms with Gasteiger partial charge in [0.25, 0.3) is 0 Å². The highest BCUT2D eigenvalue weighted by atomic mass is 14.4. The molecule has 0 spiro atoms. The minimum Gasteiger partial charge on any atom is -0.0617 e. The lowest BCUT2D eigenvalue weighted by atomic mass is 9.62. The van der Waals surface area contributed by atoms with Crippen LogP contribution in [0.15, 0.2) is 30.3 Å². The standard InChI is InChI=1S/C35H56/c1-30(2,3)24-19-18-20-25(31(4,5)6)29(24)35(16,17)23-21-26(32(7,8)9)28(34(13,14)15)27(22-23)33(10,11)12/h18-22H,1-17H3. The van der Waals surface area contributed by atoms with Crippen LogP contribution in [0.4, 0.5) is 0 Å². The van der Waals surface area contributed by atoms with Gasteiger partial charge in [-0.05, 0) is 66.0 Å². The van der Waals surface area contributed by atoms with Gasteiger partial charge < -0.3 is 0 Å². The summed E-state index contributed by atoms with van der Waals surface area (Å²) < 4.78 is 0. The van der Waals surface area contributed by atoms with Crippen molar-refractivity contribution in [3.05, 3.63) is 69.3 Å². The molecule has 0 aromatic heterocycles. The quantitative estimate of drug-likeness (QED) is 0.404. The van der Waals surface area contributed by atoms with Crippen LogP contribution < -0.4 is 0 Å². The average molecular weight is 477 g/mol. The van der Waals surface area contributed by atoms with Crippen molar-refractivity contribution in [3.63, 3.8) is 0 Å². The van der Waals surface area contributed by atoms with Crippen molar-refractivity contribution in [2.45, 2.75) is 150 Å². The lowest BCUT2D eigenvalue weighted by molar-refractivity contribution is 0.487. The molecule has 0 N–H and O–H groups in total. The Morgan fingerprint density at radius 3 is 0.943 bits per heavy atom. The zero-order valence-electron chi connectivity index (χ0n) is 26.4. The van der Waals surface area contributed by atoms with E-state index in [1.807, 2.05) is 0 Å². The van der Waals surface area contributed by atoms with Gasteiger partial charge in [0.05, 0.1) is 0 Å². The average Bonchev–Trinajstić information content (AvgIpc) is 2.62. The van der Waals surface area contributed by atoms with Gasteiger partial charge in [-0.1, -0.05) is 148 Å². The first kappa shape index (κ1) is 29.7. The zero-order valence-corrected chi connectivity index (χ0v) is 26.4. The second-order valence-corrected chi connectivity index (χ2v) is 16.5. The highest BCUT2D eigenvalue weighted by molar-refractivity contribution is 5.56. The summed E-state index contributed by atoms with van der Waals surface area (Å²) in [5, 5.41) is 0. The molecule has 0 saturated heterocycles. The van der Waals surface area contributed by atoms with E-state index < -0.39 is 0 Å². The predicted octanol–water partition coefficient (Wildman–Crippen LogP) is 10.5. The van der Waals surface area contributed by atoms with Crippen LogP contribution in [0.2, 0.25) is 0 Å². The monoisotopic (exact) mass is 476 g/mol. The second-order valence-electron chi connectivity index (χ2n) is 16.5. The van der Waals surface area contributed by atoms with Crippen molar-refractivity contribution in [2.75, 3.05) is 0 Å². The minimum absolute atomic E-state index is 0.0606. The second kappa shape index (κ2) is 8.78. The molecule has 196 valence electrons. The van der Waals surface area contributed by atoms with Crippen molar-refractivity contribution in [2.24, 2.45) is 0 Å². The predicted molar refractivity (Wildman–Crippen MR) is 159 cm³/mol. The molecule has 0 atom stereocenters. The van der Waals surface area contributed by atoms with Crippen LogP contribution in [-0.2, 0) is 32.5 Å². The molecule has 0 unspecified atom stereocenters. The van der Waals surface area contributed by atoms with Gasteiger partial charge in [-0.2, -0.15) is 0 Å². The Bertz CT molecular complexity index is 988. The highest BCUT2D eigenvalue weighted by Crippen LogP contribution is 2.48. The first-order valence-electron chi connectivity index (χ1n) is 13.6. The third kappa shape index (κ3) is 6.06. The lowest BCUT2D eigenvalue weighted by Gasteiger charge is -2.42. The van der Waals surface area contributed by atoms with Gasteiger partial charge in [0.1, 0.15) is 0 Å². The number of benzene rings is 2. The van der Waals surface area contributed by atoms with Gasteiger partial charge in [-0.3, -0.25) is 0 Å². The fourth-order valence-corrected chi connectivity index (χ4v) is 5.61. The van der Waals surface area contributed by atoms with E-state index in [0.29, 0.717) is 0 Å². The SMILES string of the molecule is CC(C)(C)c1cc(C(C)(C)c2c(C(C)(C)C)cccc2C(C)(C)C)cc(C(C)(C)C)c1C(C)(C)C. The van der Waals surface area contributed by atoms with Crippen LogP contribution in [0, 0.1) is 0 Å². The van der Waals surface area contributed by atoms with E-state index in [4.69, 9.17) is 0 Å².